The Labute approximate surface area is 125 Å². The number of nitrogen functional groups attached to an aromatic ring is 1. The first kappa shape index (κ1) is 15.4. The SMILES string of the molecule is Cc1ccc(NC(=O)C(=O)Nc2ccc(F)cc2F)c(N)c1. The van der Waals surface area contributed by atoms with E-state index in [1.165, 1.54) is 0 Å². The molecule has 2 rings (SSSR count). The Hall–Kier alpha value is -2.96. The molecule has 0 unspecified atom stereocenters. The van der Waals surface area contributed by atoms with Gasteiger partial charge in [-0.3, -0.25) is 9.59 Å². The molecule has 2 amide bonds. The van der Waals surface area contributed by atoms with E-state index < -0.39 is 23.4 Å². The molecule has 0 radical (unpaired) electrons. The second-order valence-electron chi connectivity index (χ2n) is 4.62. The second kappa shape index (κ2) is 6.21. The molecular formula is C15H13F2N3O2. The van der Waals surface area contributed by atoms with Crippen LogP contribution in [0.1, 0.15) is 5.56 Å². The minimum atomic E-state index is -1.09. The first-order chi connectivity index (χ1) is 10.4. The van der Waals surface area contributed by atoms with Crippen LogP contribution in [0, 0.1) is 18.6 Å². The zero-order chi connectivity index (χ0) is 16.3. The van der Waals surface area contributed by atoms with Crippen LogP contribution in [0.5, 0.6) is 0 Å². The number of aryl methyl sites for hydroxylation is 1. The number of amides is 2. The molecule has 0 spiro atoms. The predicted molar refractivity (Wildman–Crippen MR) is 79.2 cm³/mol. The first-order valence-electron chi connectivity index (χ1n) is 6.30. The molecule has 22 heavy (non-hydrogen) atoms. The minimum Gasteiger partial charge on any atom is -0.397 e. The summed E-state index contributed by atoms with van der Waals surface area (Å²) in [5.41, 5.74) is 6.89. The fourth-order valence-corrected chi connectivity index (χ4v) is 1.74. The molecule has 0 aromatic heterocycles. The maximum atomic E-state index is 13.4. The third-order valence-corrected chi connectivity index (χ3v) is 2.84. The highest BCUT2D eigenvalue weighted by Gasteiger charge is 2.17. The second-order valence-corrected chi connectivity index (χ2v) is 4.62. The lowest BCUT2D eigenvalue weighted by molar-refractivity contribution is -0.133. The van der Waals surface area contributed by atoms with Crippen molar-refractivity contribution in [2.75, 3.05) is 16.4 Å². The number of hydrogen-bond donors (Lipinski definition) is 3. The average Bonchev–Trinajstić information content (AvgIpc) is 2.44. The fraction of sp³-hybridized carbons (Fsp3) is 0.0667. The molecule has 0 aliphatic carbocycles. The molecule has 0 aliphatic rings. The molecule has 2 aromatic rings. The summed E-state index contributed by atoms with van der Waals surface area (Å²) in [5, 5.41) is 4.37. The lowest BCUT2D eigenvalue weighted by Gasteiger charge is -2.09. The van der Waals surface area contributed by atoms with Gasteiger partial charge in [0.05, 0.1) is 17.1 Å². The van der Waals surface area contributed by atoms with Crippen LogP contribution < -0.4 is 16.4 Å². The molecule has 0 fully saturated rings. The maximum Gasteiger partial charge on any atom is 0.314 e. The zero-order valence-corrected chi connectivity index (χ0v) is 11.6. The Balaban J connectivity index is 2.07. The van der Waals surface area contributed by atoms with Crippen molar-refractivity contribution in [2.45, 2.75) is 6.92 Å². The van der Waals surface area contributed by atoms with Crippen molar-refractivity contribution in [2.24, 2.45) is 0 Å². The van der Waals surface area contributed by atoms with Crippen LogP contribution in [0.15, 0.2) is 36.4 Å². The van der Waals surface area contributed by atoms with Gasteiger partial charge in [0.2, 0.25) is 0 Å². The smallest absolute Gasteiger partial charge is 0.314 e. The van der Waals surface area contributed by atoms with Gasteiger partial charge in [-0.2, -0.15) is 0 Å². The van der Waals surface area contributed by atoms with E-state index in [2.05, 4.69) is 10.6 Å². The van der Waals surface area contributed by atoms with E-state index in [0.717, 1.165) is 17.7 Å². The maximum absolute atomic E-state index is 13.4. The molecule has 114 valence electrons. The molecule has 0 saturated carbocycles. The molecule has 0 saturated heterocycles. The molecule has 0 heterocycles. The summed E-state index contributed by atoms with van der Waals surface area (Å²) >= 11 is 0. The topological polar surface area (TPSA) is 84.2 Å². The van der Waals surface area contributed by atoms with Gasteiger partial charge >= 0.3 is 11.8 Å². The molecule has 4 N–H and O–H groups in total. The van der Waals surface area contributed by atoms with Crippen LogP contribution in [0.4, 0.5) is 25.8 Å². The van der Waals surface area contributed by atoms with Gasteiger partial charge in [0.15, 0.2) is 0 Å². The zero-order valence-electron chi connectivity index (χ0n) is 11.6. The number of anilines is 3. The fourth-order valence-electron chi connectivity index (χ4n) is 1.74. The lowest BCUT2D eigenvalue weighted by Crippen LogP contribution is -2.29. The standard InChI is InChI=1S/C15H13F2N3O2/c1-8-2-4-13(11(18)6-8)20-15(22)14(21)19-12-5-3-9(16)7-10(12)17/h2-7H,18H2,1H3,(H,19,21)(H,20,22). The van der Waals surface area contributed by atoms with E-state index in [4.69, 9.17) is 5.73 Å². The van der Waals surface area contributed by atoms with E-state index in [0.29, 0.717) is 11.8 Å². The summed E-state index contributed by atoms with van der Waals surface area (Å²) in [7, 11) is 0. The van der Waals surface area contributed by atoms with Gasteiger partial charge in [0, 0.05) is 6.07 Å². The number of carbonyl (C=O) groups excluding carboxylic acids is 2. The average molecular weight is 305 g/mol. The highest BCUT2D eigenvalue weighted by molar-refractivity contribution is 6.43. The van der Waals surface area contributed by atoms with Gasteiger partial charge in [-0.15, -0.1) is 0 Å². The number of nitrogens with one attached hydrogen (secondary N) is 2. The van der Waals surface area contributed by atoms with E-state index in [1.54, 1.807) is 18.2 Å². The Morgan fingerprint density at radius 2 is 1.55 bits per heavy atom. The van der Waals surface area contributed by atoms with Crippen molar-refractivity contribution in [1.82, 2.24) is 0 Å². The normalized spacial score (nSPS) is 10.1. The molecule has 0 bridgehead atoms. The first-order valence-corrected chi connectivity index (χ1v) is 6.30. The number of nitrogens with two attached hydrogens (primary N) is 1. The summed E-state index contributed by atoms with van der Waals surface area (Å²) in [6.07, 6.45) is 0. The Kier molecular flexibility index (Phi) is 4.36. The van der Waals surface area contributed by atoms with E-state index in [-0.39, 0.29) is 11.4 Å². The van der Waals surface area contributed by atoms with Crippen LogP contribution in [0.25, 0.3) is 0 Å². The van der Waals surface area contributed by atoms with Crippen molar-refractivity contribution in [3.8, 4) is 0 Å². The van der Waals surface area contributed by atoms with Gasteiger partial charge in [-0.1, -0.05) is 6.07 Å². The van der Waals surface area contributed by atoms with Crippen LogP contribution in [0.2, 0.25) is 0 Å². The molecule has 2 aromatic carbocycles. The summed E-state index contributed by atoms with van der Waals surface area (Å²) in [5.74, 6) is -3.87. The molecular weight excluding hydrogens is 292 g/mol. The minimum absolute atomic E-state index is 0.269. The third kappa shape index (κ3) is 3.57. The van der Waals surface area contributed by atoms with Gasteiger partial charge in [-0.25, -0.2) is 8.78 Å². The highest BCUT2D eigenvalue weighted by atomic mass is 19.1. The lowest BCUT2D eigenvalue weighted by atomic mass is 10.2. The number of hydrogen-bond acceptors (Lipinski definition) is 3. The Morgan fingerprint density at radius 1 is 0.955 bits per heavy atom. The number of carbonyl (C=O) groups is 2. The van der Waals surface area contributed by atoms with E-state index in [9.17, 15) is 18.4 Å². The summed E-state index contributed by atoms with van der Waals surface area (Å²) in [6.45, 7) is 1.83. The van der Waals surface area contributed by atoms with Crippen LogP contribution in [-0.4, -0.2) is 11.8 Å². The monoisotopic (exact) mass is 305 g/mol. The Morgan fingerprint density at radius 3 is 2.14 bits per heavy atom. The van der Waals surface area contributed by atoms with Crippen LogP contribution in [-0.2, 0) is 9.59 Å². The molecule has 7 heteroatoms. The predicted octanol–water partition coefficient (Wildman–Crippen LogP) is 2.43. The van der Waals surface area contributed by atoms with Crippen molar-refractivity contribution in [1.29, 1.82) is 0 Å². The van der Waals surface area contributed by atoms with E-state index in [1.807, 2.05) is 6.92 Å². The summed E-state index contributed by atoms with van der Waals surface area (Å²) < 4.78 is 26.2. The Bertz CT molecular complexity index is 684. The van der Waals surface area contributed by atoms with E-state index >= 15 is 0 Å². The van der Waals surface area contributed by atoms with Crippen molar-refractivity contribution < 1.29 is 18.4 Å². The van der Waals surface area contributed by atoms with Crippen LogP contribution in [0.3, 0.4) is 0 Å². The summed E-state index contributed by atoms with van der Waals surface area (Å²) in [6, 6.07) is 7.49. The largest absolute Gasteiger partial charge is 0.397 e. The van der Waals surface area contributed by atoms with Crippen molar-refractivity contribution in [3.05, 3.63) is 53.6 Å². The van der Waals surface area contributed by atoms with Gasteiger partial charge in [-0.05, 0) is 36.8 Å². The van der Waals surface area contributed by atoms with Crippen molar-refractivity contribution in [3.63, 3.8) is 0 Å². The molecule has 0 aliphatic heterocycles. The molecule has 5 nitrogen and oxygen atoms in total. The van der Waals surface area contributed by atoms with Gasteiger partial charge < -0.3 is 16.4 Å². The highest BCUT2D eigenvalue weighted by Crippen LogP contribution is 2.19. The third-order valence-electron chi connectivity index (χ3n) is 2.84. The van der Waals surface area contributed by atoms with Crippen LogP contribution >= 0.6 is 0 Å². The number of rotatable bonds is 2. The quantitative estimate of drug-likeness (QED) is 0.588. The summed E-state index contributed by atoms with van der Waals surface area (Å²) in [4.78, 5) is 23.5. The van der Waals surface area contributed by atoms with Gasteiger partial charge in [0.25, 0.3) is 0 Å². The number of halogens is 2. The molecule has 0 atom stereocenters. The number of benzene rings is 2. The van der Waals surface area contributed by atoms with Crippen molar-refractivity contribution >= 4 is 28.9 Å². The van der Waals surface area contributed by atoms with Gasteiger partial charge in [0.1, 0.15) is 11.6 Å².